The lowest BCUT2D eigenvalue weighted by molar-refractivity contribution is -0.139. The van der Waals surface area contributed by atoms with Crippen molar-refractivity contribution in [1.29, 1.82) is 0 Å². The molecule has 1 rings (SSSR count). The number of nitrogens with zero attached hydrogens (tertiary/aromatic N) is 1. The first-order valence-electron chi connectivity index (χ1n) is 5.87. The molecule has 0 aliphatic carbocycles. The smallest absolute Gasteiger partial charge is 0.245 e. The van der Waals surface area contributed by atoms with Crippen molar-refractivity contribution in [2.45, 2.75) is 25.8 Å². The summed E-state index contributed by atoms with van der Waals surface area (Å²) < 4.78 is 5.17. The van der Waals surface area contributed by atoms with Crippen LogP contribution in [0.2, 0.25) is 0 Å². The summed E-state index contributed by atoms with van der Waals surface area (Å²) in [5.74, 6) is 0.284. The van der Waals surface area contributed by atoms with E-state index in [9.17, 15) is 9.59 Å². The minimum atomic E-state index is -0.476. The van der Waals surface area contributed by atoms with E-state index < -0.39 is 6.04 Å². The van der Waals surface area contributed by atoms with E-state index in [0.29, 0.717) is 45.0 Å². The van der Waals surface area contributed by atoms with Gasteiger partial charge in [0.05, 0.1) is 13.2 Å². The van der Waals surface area contributed by atoms with Gasteiger partial charge >= 0.3 is 0 Å². The molecule has 0 spiro atoms. The molecule has 0 aromatic heterocycles. The third-order valence-electron chi connectivity index (χ3n) is 2.61. The summed E-state index contributed by atoms with van der Waals surface area (Å²) >= 11 is 5.50. The average Bonchev–Trinajstić information content (AvgIpc) is 2.36. The molecule has 0 bridgehead atoms. The Morgan fingerprint density at radius 3 is 2.65 bits per heavy atom. The Kier molecular flexibility index (Phi) is 6.29. The Morgan fingerprint density at radius 1 is 1.41 bits per heavy atom. The molecule has 5 nitrogen and oxygen atoms in total. The first kappa shape index (κ1) is 14.3. The van der Waals surface area contributed by atoms with E-state index in [2.05, 4.69) is 5.32 Å². The van der Waals surface area contributed by atoms with Gasteiger partial charge in [0.25, 0.3) is 0 Å². The van der Waals surface area contributed by atoms with Crippen LogP contribution in [0.5, 0.6) is 0 Å². The molecule has 0 aromatic rings. The fourth-order valence-corrected chi connectivity index (χ4v) is 1.79. The zero-order chi connectivity index (χ0) is 12.7. The quantitative estimate of drug-likeness (QED) is 0.729. The molecule has 1 fully saturated rings. The van der Waals surface area contributed by atoms with Crippen LogP contribution in [0.3, 0.4) is 0 Å². The highest BCUT2D eigenvalue weighted by molar-refractivity contribution is 6.17. The lowest BCUT2D eigenvalue weighted by Gasteiger charge is -2.29. The van der Waals surface area contributed by atoms with Gasteiger partial charge in [-0.3, -0.25) is 9.59 Å². The number of rotatable bonds is 5. The molecule has 1 unspecified atom stereocenters. The predicted octanol–water partition coefficient (Wildman–Crippen LogP) is 0.369. The van der Waals surface area contributed by atoms with Crippen LogP contribution in [-0.4, -0.2) is 54.9 Å². The number of alkyl halides is 1. The number of halogens is 1. The van der Waals surface area contributed by atoms with Gasteiger partial charge in [0.15, 0.2) is 0 Å². The van der Waals surface area contributed by atoms with E-state index in [1.54, 1.807) is 11.8 Å². The number of nitrogens with one attached hydrogen (secondary N) is 1. The van der Waals surface area contributed by atoms with Crippen molar-refractivity contribution in [3.8, 4) is 0 Å². The highest BCUT2D eigenvalue weighted by atomic mass is 35.5. The predicted molar refractivity (Wildman–Crippen MR) is 65.0 cm³/mol. The Balaban J connectivity index is 2.32. The highest BCUT2D eigenvalue weighted by Gasteiger charge is 2.23. The van der Waals surface area contributed by atoms with Crippen LogP contribution in [0.25, 0.3) is 0 Å². The topological polar surface area (TPSA) is 58.6 Å². The molecule has 6 heteroatoms. The third kappa shape index (κ3) is 4.91. The minimum absolute atomic E-state index is 0.0486. The molecule has 0 aromatic carbocycles. The molecule has 0 radical (unpaired) electrons. The lowest BCUT2D eigenvalue weighted by Crippen LogP contribution is -2.50. The summed E-state index contributed by atoms with van der Waals surface area (Å²) in [6.07, 6.45) is 0.996. The molecular formula is C11H19ClN2O3. The normalized spacial score (nSPS) is 17.6. The van der Waals surface area contributed by atoms with Crippen LogP contribution in [0.1, 0.15) is 19.8 Å². The van der Waals surface area contributed by atoms with E-state index in [1.807, 2.05) is 0 Å². The Morgan fingerprint density at radius 2 is 2.06 bits per heavy atom. The summed E-state index contributed by atoms with van der Waals surface area (Å²) in [4.78, 5) is 25.1. The molecule has 98 valence electrons. The maximum Gasteiger partial charge on any atom is 0.245 e. The molecule has 1 aliphatic rings. The van der Waals surface area contributed by atoms with Crippen molar-refractivity contribution in [2.75, 3.05) is 32.2 Å². The first-order chi connectivity index (χ1) is 8.15. The van der Waals surface area contributed by atoms with Gasteiger partial charge in [0.2, 0.25) is 11.8 Å². The van der Waals surface area contributed by atoms with Crippen LogP contribution in [-0.2, 0) is 14.3 Å². The SMILES string of the molecule is CC(NC(=O)CCCCl)C(=O)N1CCOCC1. The van der Waals surface area contributed by atoms with Crippen LogP contribution in [0, 0.1) is 0 Å². The van der Waals surface area contributed by atoms with E-state index in [0.717, 1.165) is 0 Å². The van der Waals surface area contributed by atoms with Crippen molar-refractivity contribution < 1.29 is 14.3 Å². The summed E-state index contributed by atoms with van der Waals surface area (Å²) in [5.41, 5.74) is 0. The van der Waals surface area contributed by atoms with Crippen LogP contribution in [0.15, 0.2) is 0 Å². The number of carbonyl (C=O) groups is 2. The van der Waals surface area contributed by atoms with Gasteiger partial charge in [-0.25, -0.2) is 0 Å². The zero-order valence-corrected chi connectivity index (χ0v) is 10.8. The van der Waals surface area contributed by atoms with Crippen molar-refractivity contribution in [2.24, 2.45) is 0 Å². The molecule has 2 amide bonds. The summed E-state index contributed by atoms with van der Waals surface area (Å²) in [7, 11) is 0. The lowest BCUT2D eigenvalue weighted by atomic mass is 10.2. The standard InChI is InChI=1S/C11H19ClN2O3/c1-9(13-10(15)3-2-4-12)11(16)14-5-7-17-8-6-14/h9H,2-8H2,1H3,(H,13,15). The van der Waals surface area contributed by atoms with Gasteiger partial charge in [-0.1, -0.05) is 0 Å². The van der Waals surface area contributed by atoms with Crippen molar-refractivity contribution in [3.05, 3.63) is 0 Å². The second-order valence-electron chi connectivity index (χ2n) is 4.02. The average molecular weight is 263 g/mol. The van der Waals surface area contributed by atoms with Gasteiger partial charge in [-0.2, -0.15) is 0 Å². The van der Waals surface area contributed by atoms with E-state index in [1.165, 1.54) is 0 Å². The van der Waals surface area contributed by atoms with E-state index in [4.69, 9.17) is 16.3 Å². The van der Waals surface area contributed by atoms with Gasteiger partial charge in [0.1, 0.15) is 6.04 Å². The van der Waals surface area contributed by atoms with Crippen LogP contribution >= 0.6 is 11.6 Å². The molecule has 0 saturated carbocycles. The highest BCUT2D eigenvalue weighted by Crippen LogP contribution is 2.01. The Bertz CT molecular complexity index is 267. The van der Waals surface area contributed by atoms with Gasteiger partial charge in [-0.05, 0) is 13.3 Å². The maximum absolute atomic E-state index is 11.9. The monoisotopic (exact) mass is 262 g/mol. The molecule has 1 heterocycles. The van der Waals surface area contributed by atoms with E-state index in [-0.39, 0.29) is 11.8 Å². The molecule has 1 aliphatic heterocycles. The molecule has 1 atom stereocenters. The number of hydrogen-bond donors (Lipinski definition) is 1. The Labute approximate surface area is 106 Å². The summed E-state index contributed by atoms with van der Waals surface area (Å²) in [5, 5.41) is 2.68. The molecule has 17 heavy (non-hydrogen) atoms. The van der Waals surface area contributed by atoms with Gasteiger partial charge in [0, 0.05) is 25.4 Å². The van der Waals surface area contributed by atoms with Crippen molar-refractivity contribution >= 4 is 23.4 Å². The molecular weight excluding hydrogens is 244 g/mol. The molecule has 1 N–H and O–H groups in total. The first-order valence-corrected chi connectivity index (χ1v) is 6.40. The molecule has 1 saturated heterocycles. The van der Waals surface area contributed by atoms with E-state index >= 15 is 0 Å². The Hall–Kier alpha value is -0.810. The number of carbonyl (C=O) groups excluding carboxylic acids is 2. The summed E-state index contributed by atoms with van der Waals surface area (Å²) in [6, 6.07) is -0.476. The second kappa shape index (κ2) is 7.50. The maximum atomic E-state index is 11.9. The van der Waals surface area contributed by atoms with Gasteiger partial charge in [-0.15, -0.1) is 11.6 Å². The largest absolute Gasteiger partial charge is 0.378 e. The summed E-state index contributed by atoms with van der Waals surface area (Å²) in [6.45, 7) is 4.04. The zero-order valence-electron chi connectivity index (χ0n) is 10.1. The van der Waals surface area contributed by atoms with Crippen molar-refractivity contribution in [1.82, 2.24) is 10.2 Å². The fraction of sp³-hybridized carbons (Fsp3) is 0.818. The van der Waals surface area contributed by atoms with Gasteiger partial charge < -0.3 is 15.0 Å². The van der Waals surface area contributed by atoms with Crippen molar-refractivity contribution in [3.63, 3.8) is 0 Å². The second-order valence-corrected chi connectivity index (χ2v) is 4.40. The third-order valence-corrected chi connectivity index (χ3v) is 2.88. The number of ether oxygens (including phenoxy) is 1. The number of morpholine rings is 1. The van der Waals surface area contributed by atoms with Crippen LogP contribution in [0.4, 0.5) is 0 Å². The number of hydrogen-bond acceptors (Lipinski definition) is 3. The number of amides is 2. The minimum Gasteiger partial charge on any atom is -0.378 e. The fourth-order valence-electron chi connectivity index (χ4n) is 1.66. The van der Waals surface area contributed by atoms with Crippen LogP contribution < -0.4 is 5.32 Å².